The number of guanidine groups is 1. The van der Waals surface area contributed by atoms with E-state index in [-0.39, 0.29) is 18.3 Å². The molecule has 0 spiro atoms. The van der Waals surface area contributed by atoms with E-state index in [2.05, 4.69) is 14.8 Å². The molecule has 1 aliphatic heterocycles. The highest BCUT2D eigenvalue weighted by molar-refractivity contribution is 6.30. The SMILES string of the molecule is CCN(C(=O)CO)C1CN(C(N)=Nc2cccc(OC(F)F)c2)N=C1c1ccc(Cl)cc1. The number of aliphatic hydroxyl groups is 1. The fourth-order valence-corrected chi connectivity index (χ4v) is 3.46. The molecule has 3 rings (SSSR count). The van der Waals surface area contributed by atoms with E-state index in [1.54, 1.807) is 37.3 Å². The number of aliphatic hydroxyl groups excluding tert-OH is 1. The van der Waals surface area contributed by atoms with Crippen LogP contribution in [0.25, 0.3) is 0 Å². The maximum atomic E-state index is 12.5. The van der Waals surface area contributed by atoms with Crippen molar-refractivity contribution in [3.05, 3.63) is 59.1 Å². The van der Waals surface area contributed by atoms with Crippen LogP contribution in [0.2, 0.25) is 5.02 Å². The number of halogens is 3. The molecule has 8 nitrogen and oxygen atoms in total. The number of aliphatic imine (C=N–C) groups is 1. The minimum atomic E-state index is -2.96. The van der Waals surface area contributed by atoms with Gasteiger partial charge in [-0.3, -0.25) is 4.79 Å². The van der Waals surface area contributed by atoms with E-state index in [1.807, 2.05) is 0 Å². The molecule has 1 heterocycles. The van der Waals surface area contributed by atoms with Crippen molar-refractivity contribution in [2.24, 2.45) is 15.8 Å². The molecular weight excluding hydrogens is 444 g/mol. The number of alkyl halides is 2. The summed E-state index contributed by atoms with van der Waals surface area (Å²) in [7, 11) is 0. The molecule has 170 valence electrons. The third-order valence-corrected chi connectivity index (χ3v) is 5.01. The molecule has 2 aromatic rings. The first kappa shape index (κ1) is 23.4. The molecule has 11 heteroatoms. The first-order valence-corrected chi connectivity index (χ1v) is 10.1. The van der Waals surface area contributed by atoms with Gasteiger partial charge in [-0.05, 0) is 31.2 Å². The van der Waals surface area contributed by atoms with Crippen molar-refractivity contribution < 1.29 is 23.4 Å². The summed E-state index contributed by atoms with van der Waals surface area (Å²) in [5.41, 5.74) is 7.72. The second-order valence-electron chi connectivity index (χ2n) is 6.77. The number of carbonyl (C=O) groups excluding carboxylic acids is 1. The van der Waals surface area contributed by atoms with Gasteiger partial charge in [0, 0.05) is 23.2 Å². The molecule has 0 fully saturated rings. The lowest BCUT2D eigenvalue weighted by atomic mass is 10.0. The van der Waals surface area contributed by atoms with E-state index >= 15 is 0 Å². The summed E-state index contributed by atoms with van der Waals surface area (Å²) in [6.45, 7) is -1.27. The van der Waals surface area contributed by atoms with Crippen LogP contribution < -0.4 is 10.5 Å². The van der Waals surface area contributed by atoms with Gasteiger partial charge in [0.1, 0.15) is 12.4 Å². The molecule has 32 heavy (non-hydrogen) atoms. The van der Waals surface area contributed by atoms with E-state index in [1.165, 1.54) is 28.1 Å². The summed E-state index contributed by atoms with van der Waals surface area (Å²) in [6.07, 6.45) is 0. The van der Waals surface area contributed by atoms with E-state index in [0.29, 0.717) is 23.0 Å². The van der Waals surface area contributed by atoms with Crippen LogP contribution in [0, 0.1) is 0 Å². The highest BCUT2D eigenvalue weighted by atomic mass is 35.5. The Morgan fingerprint density at radius 2 is 2.09 bits per heavy atom. The fourth-order valence-electron chi connectivity index (χ4n) is 3.33. The number of rotatable bonds is 7. The second-order valence-corrected chi connectivity index (χ2v) is 7.21. The molecule has 0 radical (unpaired) electrons. The van der Waals surface area contributed by atoms with Gasteiger partial charge in [-0.15, -0.1) is 0 Å². The Kier molecular flexibility index (Phi) is 7.60. The number of likely N-dealkylation sites (N-methyl/N-ethyl adjacent to an activating group) is 1. The average molecular weight is 466 g/mol. The number of hydrazone groups is 1. The molecule has 2 aromatic carbocycles. The van der Waals surface area contributed by atoms with Crippen molar-refractivity contribution in [3.63, 3.8) is 0 Å². The molecule has 0 aromatic heterocycles. The van der Waals surface area contributed by atoms with Gasteiger partial charge in [-0.2, -0.15) is 13.9 Å². The highest BCUT2D eigenvalue weighted by Crippen LogP contribution is 2.24. The van der Waals surface area contributed by atoms with Crippen LogP contribution >= 0.6 is 11.6 Å². The molecule has 0 bridgehead atoms. The molecule has 1 amide bonds. The monoisotopic (exact) mass is 465 g/mol. The van der Waals surface area contributed by atoms with Gasteiger partial charge < -0.3 is 20.5 Å². The van der Waals surface area contributed by atoms with Crippen molar-refractivity contribution >= 4 is 34.9 Å². The standard InChI is InChI=1S/C21H22ClF2N5O3/c1-2-28(18(31)12-30)17-11-29(27-19(17)13-6-8-14(22)9-7-13)21(25)26-15-4-3-5-16(10-15)32-20(23)24/h3-10,17,20,30H,2,11-12H2,1H3,(H2,25,26). The maximum Gasteiger partial charge on any atom is 0.387 e. The Balaban J connectivity index is 1.93. The molecular formula is C21H22ClF2N5O3. The number of nitrogens with two attached hydrogens (primary N) is 1. The van der Waals surface area contributed by atoms with E-state index in [4.69, 9.17) is 17.3 Å². The summed E-state index contributed by atoms with van der Waals surface area (Å²) in [4.78, 5) is 18.0. The lowest BCUT2D eigenvalue weighted by Crippen LogP contribution is -2.48. The Bertz CT molecular complexity index is 1020. The Labute approximate surface area is 188 Å². The Morgan fingerprint density at radius 3 is 2.72 bits per heavy atom. The minimum Gasteiger partial charge on any atom is -0.435 e. The first-order valence-electron chi connectivity index (χ1n) is 9.73. The van der Waals surface area contributed by atoms with Crippen LogP contribution in [-0.4, -0.2) is 64.9 Å². The number of hydrogen-bond acceptors (Lipinski definition) is 5. The van der Waals surface area contributed by atoms with Crippen LogP contribution in [0.4, 0.5) is 14.5 Å². The zero-order valence-electron chi connectivity index (χ0n) is 17.2. The van der Waals surface area contributed by atoms with Gasteiger partial charge in [0.05, 0.1) is 24.0 Å². The van der Waals surface area contributed by atoms with Crippen molar-refractivity contribution in [3.8, 4) is 5.75 Å². The third kappa shape index (κ3) is 5.51. The van der Waals surface area contributed by atoms with E-state index < -0.39 is 25.2 Å². The molecule has 1 unspecified atom stereocenters. The lowest BCUT2D eigenvalue weighted by molar-refractivity contribution is -0.135. The van der Waals surface area contributed by atoms with Gasteiger partial charge in [-0.1, -0.05) is 29.8 Å². The largest absolute Gasteiger partial charge is 0.435 e. The molecule has 0 saturated heterocycles. The quantitative estimate of drug-likeness (QED) is 0.483. The second kappa shape index (κ2) is 10.4. The van der Waals surface area contributed by atoms with Crippen LogP contribution in [0.15, 0.2) is 58.6 Å². The molecule has 3 N–H and O–H groups in total. The third-order valence-electron chi connectivity index (χ3n) is 4.75. The number of hydrogen-bond donors (Lipinski definition) is 2. The summed E-state index contributed by atoms with van der Waals surface area (Å²) < 4.78 is 29.3. The van der Waals surface area contributed by atoms with Crippen molar-refractivity contribution in [2.45, 2.75) is 19.6 Å². The van der Waals surface area contributed by atoms with Gasteiger partial charge >= 0.3 is 6.61 Å². The summed E-state index contributed by atoms with van der Waals surface area (Å²) in [5, 5.41) is 15.9. The number of amides is 1. The van der Waals surface area contributed by atoms with Gasteiger partial charge in [0.25, 0.3) is 0 Å². The van der Waals surface area contributed by atoms with Crippen molar-refractivity contribution in [1.82, 2.24) is 9.91 Å². The van der Waals surface area contributed by atoms with E-state index in [9.17, 15) is 18.7 Å². The van der Waals surface area contributed by atoms with Crippen LogP contribution in [0.5, 0.6) is 5.75 Å². The highest BCUT2D eigenvalue weighted by Gasteiger charge is 2.35. The predicted octanol–water partition coefficient (Wildman–Crippen LogP) is 2.82. The van der Waals surface area contributed by atoms with Gasteiger partial charge in [-0.25, -0.2) is 10.0 Å². The van der Waals surface area contributed by atoms with Crippen molar-refractivity contribution in [1.29, 1.82) is 0 Å². The summed E-state index contributed by atoms with van der Waals surface area (Å²) >= 11 is 5.99. The molecule has 0 saturated carbocycles. The molecule has 1 atom stereocenters. The zero-order valence-corrected chi connectivity index (χ0v) is 17.9. The van der Waals surface area contributed by atoms with Crippen LogP contribution in [-0.2, 0) is 4.79 Å². The van der Waals surface area contributed by atoms with E-state index in [0.717, 1.165) is 5.56 Å². The topological polar surface area (TPSA) is 104 Å². The van der Waals surface area contributed by atoms with Crippen LogP contribution in [0.1, 0.15) is 12.5 Å². The van der Waals surface area contributed by atoms with Crippen molar-refractivity contribution in [2.75, 3.05) is 19.7 Å². The fraction of sp³-hybridized carbons (Fsp3) is 0.286. The number of ether oxygens (including phenoxy) is 1. The maximum absolute atomic E-state index is 12.5. The first-order chi connectivity index (χ1) is 15.3. The number of benzene rings is 2. The smallest absolute Gasteiger partial charge is 0.387 e. The van der Waals surface area contributed by atoms with Gasteiger partial charge in [0.15, 0.2) is 0 Å². The molecule has 0 aliphatic carbocycles. The van der Waals surface area contributed by atoms with Crippen LogP contribution in [0.3, 0.4) is 0 Å². The number of carbonyl (C=O) groups is 1. The lowest BCUT2D eigenvalue weighted by Gasteiger charge is -2.28. The predicted molar refractivity (Wildman–Crippen MR) is 117 cm³/mol. The number of nitrogens with zero attached hydrogens (tertiary/aromatic N) is 4. The minimum absolute atomic E-state index is 0.000612. The Hall–Kier alpha value is -3.24. The molecule has 1 aliphatic rings. The average Bonchev–Trinajstić information content (AvgIpc) is 3.19. The normalized spacial score (nSPS) is 16.3. The summed E-state index contributed by atoms with van der Waals surface area (Å²) in [6, 6.07) is 12.2. The zero-order chi connectivity index (χ0) is 23.3. The Morgan fingerprint density at radius 1 is 1.38 bits per heavy atom. The summed E-state index contributed by atoms with van der Waals surface area (Å²) in [5.74, 6) is -0.501. The van der Waals surface area contributed by atoms with Gasteiger partial charge in [0.2, 0.25) is 11.9 Å².